The van der Waals surface area contributed by atoms with Gasteiger partial charge in [0, 0.05) is 12.0 Å². The lowest BCUT2D eigenvalue weighted by atomic mass is 10.1. The maximum absolute atomic E-state index is 9.21. The molecule has 2 aromatic rings. The van der Waals surface area contributed by atoms with E-state index in [4.69, 9.17) is 9.47 Å². The Bertz CT molecular complexity index is 523. The van der Waals surface area contributed by atoms with Crippen molar-refractivity contribution in [3.8, 4) is 11.5 Å². The van der Waals surface area contributed by atoms with Crippen molar-refractivity contribution in [1.82, 2.24) is 0 Å². The molecule has 0 saturated carbocycles. The van der Waals surface area contributed by atoms with Crippen molar-refractivity contribution < 1.29 is 14.6 Å². The zero-order chi connectivity index (χ0) is 13.5. The molecular weight excluding hydrogens is 240 g/mol. The van der Waals surface area contributed by atoms with Crippen molar-refractivity contribution in [1.29, 1.82) is 0 Å². The van der Waals surface area contributed by atoms with Crippen molar-refractivity contribution in [3.63, 3.8) is 0 Å². The molecule has 0 radical (unpaired) electrons. The van der Waals surface area contributed by atoms with Crippen molar-refractivity contribution >= 4 is 0 Å². The minimum absolute atomic E-state index is 0.00463. The predicted octanol–water partition coefficient (Wildman–Crippen LogP) is 2.81. The van der Waals surface area contributed by atoms with E-state index in [-0.39, 0.29) is 6.61 Å². The minimum atomic E-state index is -0.00463. The lowest BCUT2D eigenvalue weighted by Gasteiger charge is -2.10. The first-order valence-electron chi connectivity index (χ1n) is 6.28. The number of hydrogen-bond donors (Lipinski definition) is 1. The highest BCUT2D eigenvalue weighted by atomic mass is 16.5. The van der Waals surface area contributed by atoms with E-state index in [1.54, 1.807) is 7.11 Å². The van der Waals surface area contributed by atoms with Gasteiger partial charge in [-0.1, -0.05) is 30.3 Å². The van der Waals surface area contributed by atoms with Crippen LogP contribution in [0.4, 0.5) is 0 Å². The van der Waals surface area contributed by atoms with E-state index < -0.39 is 0 Å². The average Bonchev–Trinajstić information content (AvgIpc) is 2.48. The summed E-state index contributed by atoms with van der Waals surface area (Å²) in [7, 11) is 1.66. The number of rotatable bonds is 6. The van der Waals surface area contributed by atoms with Crippen molar-refractivity contribution in [2.75, 3.05) is 13.7 Å². The summed E-state index contributed by atoms with van der Waals surface area (Å²) in [4.78, 5) is 0. The first-order valence-corrected chi connectivity index (χ1v) is 6.28. The molecule has 0 bridgehead atoms. The van der Waals surface area contributed by atoms with E-state index in [1.165, 1.54) is 5.56 Å². The number of aliphatic hydroxyl groups excluding tert-OH is 1. The van der Waals surface area contributed by atoms with Crippen molar-refractivity contribution in [2.45, 2.75) is 13.0 Å². The maximum atomic E-state index is 9.21. The van der Waals surface area contributed by atoms with Crippen LogP contribution >= 0.6 is 0 Å². The molecule has 0 aliphatic heterocycles. The fraction of sp³-hybridized carbons (Fsp3) is 0.250. The summed E-state index contributed by atoms with van der Waals surface area (Å²) in [6.45, 7) is 0.569. The summed E-state index contributed by atoms with van der Waals surface area (Å²) in [5.41, 5.74) is 1.98. The molecule has 0 unspecified atom stereocenters. The molecule has 0 fully saturated rings. The van der Waals surface area contributed by atoms with Gasteiger partial charge in [-0.05, 0) is 23.8 Å². The van der Waals surface area contributed by atoms with E-state index in [2.05, 4.69) is 0 Å². The second-order valence-corrected chi connectivity index (χ2v) is 4.22. The van der Waals surface area contributed by atoms with Gasteiger partial charge in [-0.2, -0.15) is 0 Å². The lowest BCUT2D eigenvalue weighted by molar-refractivity contribution is 0.264. The number of benzene rings is 2. The van der Waals surface area contributed by atoms with Gasteiger partial charge in [0.05, 0.1) is 20.3 Å². The zero-order valence-electron chi connectivity index (χ0n) is 11.0. The molecule has 3 nitrogen and oxygen atoms in total. The van der Waals surface area contributed by atoms with Crippen LogP contribution in [0.3, 0.4) is 0 Å². The molecule has 0 amide bonds. The molecule has 0 aliphatic carbocycles. The number of methoxy groups -OCH3 is 1. The lowest BCUT2D eigenvalue weighted by Crippen LogP contribution is -2.03. The molecular formula is C16H18O3. The first kappa shape index (κ1) is 13.4. The molecule has 2 rings (SSSR count). The number of hydrogen-bond acceptors (Lipinski definition) is 3. The molecule has 2 aromatic carbocycles. The summed E-state index contributed by atoms with van der Waals surface area (Å²) in [5.74, 6) is 1.60. The van der Waals surface area contributed by atoms with Crippen LogP contribution in [0, 0.1) is 0 Å². The molecule has 0 saturated heterocycles. The standard InChI is InChI=1S/C16H18O3/c1-18-15-7-4-5-13(11-15)9-10-19-16-8-3-2-6-14(16)12-17/h2-8,11,17H,9-10,12H2,1H3. The molecule has 0 spiro atoms. The summed E-state index contributed by atoms with van der Waals surface area (Å²) < 4.78 is 10.9. The second-order valence-electron chi connectivity index (χ2n) is 4.22. The average molecular weight is 258 g/mol. The number of aliphatic hydroxyl groups is 1. The molecule has 0 atom stereocenters. The summed E-state index contributed by atoms with van der Waals surface area (Å²) in [6, 6.07) is 15.5. The maximum Gasteiger partial charge on any atom is 0.124 e. The topological polar surface area (TPSA) is 38.7 Å². The van der Waals surface area contributed by atoms with Crippen LogP contribution in [0.1, 0.15) is 11.1 Å². The van der Waals surface area contributed by atoms with Crippen molar-refractivity contribution in [3.05, 3.63) is 59.7 Å². The van der Waals surface area contributed by atoms with Gasteiger partial charge < -0.3 is 14.6 Å². The van der Waals surface area contributed by atoms with Crippen LogP contribution in [0.25, 0.3) is 0 Å². The minimum Gasteiger partial charge on any atom is -0.497 e. The van der Waals surface area contributed by atoms with E-state index in [0.29, 0.717) is 6.61 Å². The quantitative estimate of drug-likeness (QED) is 0.866. The third-order valence-electron chi connectivity index (χ3n) is 2.93. The summed E-state index contributed by atoms with van der Waals surface area (Å²) >= 11 is 0. The normalized spacial score (nSPS) is 10.2. The first-order chi connectivity index (χ1) is 9.33. The molecule has 100 valence electrons. The SMILES string of the molecule is COc1cccc(CCOc2ccccc2CO)c1. The Hall–Kier alpha value is -2.00. The summed E-state index contributed by atoms with van der Waals surface area (Å²) in [5, 5.41) is 9.21. The van der Waals surface area contributed by atoms with E-state index in [1.807, 2.05) is 48.5 Å². The molecule has 3 heteroatoms. The Morgan fingerprint density at radius 1 is 1.05 bits per heavy atom. The third kappa shape index (κ3) is 3.73. The highest BCUT2D eigenvalue weighted by Gasteiger charge is 2.02. The van der Waals surface area contributed by atoms with Gasteiger partial charge >= 0.3 is 0 Å². The van der Waals surface area contributed by atoms with E-state index in [0.717, 1.165) is 23.5 Å². The van der Waals surface area contributed by atoms with Gasteiger partial charge in [0.25, 0.3) is 0 Å². The van der Waals surface area contributed by atoms with Gasteiger partial charge in [-0.25, -0.2) is 0 Å². The third-order valence-corrected chi connectivity index (χ3v) is 2.93. The number of ether oxygens (including phenoxy) is 2. The predicted molar refractivity (Wildman–Crippen MR) is 74.6 cm³/mol. The molecule has 0 aliphatic rings. The fourth-order valence-corrected chi connectivity index (χ4v) is 1.88. The van der Waals surface area contributed by atoms with Gasteiger partial charge in [-0.15, -0.1) is 0 Å². The van der Waals surface area contributed by atoms with E-state index >= 15 is 0 Å². The van der Waals surface area contributed by atoms with Crippen LogP contribution in [0.15, 0.2) is 48.5 Å². The van der Waals surface area contributed by atoms with Crippen LogP contribution in [-0.2, 0) is 13.0 Å². The van der Waals surface area contributed by atoms with Crippen molar-refractivity contribution in [2.24, 2.45) is 0 Å². The Morgan fingerprint density at radius 3 is 2.68 bits per heavy atom. The highest BCUT2D eigenvalue weighted by Crippen LogP contribution is 2.18. The smallest absolute Gasteiger partial charge is 0.124 e. The van der Waals surface area contributed by atoms with Crippen LogP contribution in [0.2, 0.25) is 0 Å². The molecule has 0 aromatic heterocycles. The van der Waals surface area contributed by atoms with Crippen LogP contribution in [0.5, 0.6) is 11.5 Å². The van der Waals surface area contributed by atoms with Crippen LogP contribution in [-0.4, -0.2) is 18.8 Å². The Kier molecular flexibility index (Phi) is 4.81. The number of para-hydroxylation sites is 1. The molecule has 1 N–H and O–H groups in total. The zero-order valence-corrected chi connectivity index (χ0v) is 11.0. The Morgan fingerprint density at radius 2 is 1.89 bits per heavy atom. The summed E-state index contributed by atoms with van der Waals surface area (Å²) in [6.07, 6.45) is 0.803. The monoisotopic (exact) mass is 258 g/mol. The largest absolute Gasteiger partial charge is 0.497 e. The second kappa shape index (κ2) is 6.81. The van der Waals surface area contributed by atoms with Gasteiger partial charge in [0.2, 0.25) is 0 Å². The highest BCUT2D eigenvalue weighted by molar-refractivity contribution is 5.33. The molecule has 19 heavy (non-hydrogen) atoms. The van der Waals surface area contributed by atoms with Gasteiger partial charge in [0.15, 0.2) is 0 Å². The van der Waals surface area contributed by atoms with Crippen LogP contribution < -0.4 is 9.47 Å². The van der Waals surface area contributed by atoms with Gasteiger partial charge in [0.1, 0.15) is 11.5 Å². The van der Waals surface area contributed by atoms with E-state index in [9.17, 15) is 5.11 Å². The Balaban J connectivity index is 1.92. The molecule has 0 heterocycles. The van der Waals surface area contributed by atoms with Gasteiger partial charge in [-0.3, -0.25) is 0 Å². The fourth-order valence-electron chi connectivity index (χ4n) is 1.88. The Labute approximate surface area is 113 Å².